The van der Waals surface area contributed by atoms with Gasteiger partial charge < -0.3 is 10.4 Å². The fourth-order valence-corrected chi connectivity index (χ4v) is 3.11. The second kappa shape index (κ2) is 4.84. The van der Waals surface area contributed by atoms with Gasteiger partial charge in [0.25, 0.3) is 0 Å². The molecule has 0 amide bonds. The highest BCUT2D eigenvalue weighted by atomic mass is 16.3. The fourth-order valence-electron chi connectivity index (χ4n) is 3.11. The highest BCUT2D eigenvalue weighted by Gasteiger charge is 2.30. The molecular formula is C13H25NO. The number of hydrogen-bond donors (Lipinski definition) is 2. The Labute approximate surface area is 93.5 Å². The molecule has 2 heteroatoms. The van der Waals surface area contributed by atoms with Gasteiger partial charge in [0, 0.05) is 12.6 Å². The summed E-state index contributed by atoms with van der Waals surface area (Å²) in [6.45, 7) is 3.15. The molecule has 2 saturated carbocycles. The standard InChI is InChI=1S/C13H25NO/c1-11-5-6-12(9-11)14-10-13(15)7-3-2-4-8-13/h11-12,14-15H,2-10H2,1H3. The van der Waals surface area contributed by atoms with Crippen molar-refractivity contribution in [2.24, 2.45) is 5.92 Å². The Morgan fingerprint density at radius 3 is 2.53 bits per heavy atom. The molecule has 88 valence electrons. The van der Waals surface area contributed by atoms with Gasteiger partial charge in [0.2, 0.25) is 0 Å². The van der Waals surface area contributed by atoms with E-state index in [9.17, 15) is 5.11 Å². The van der Waals surface area contributed by atoms with Gasteiger partial charge in [-0.2, -0.15) is 0 Å². The second-order valence-electron chi connectivity index (χ2n) is 5.78. The molecule has 0 aromatic heterocycles. The smallest absolute Gasteiger partial charge is 0.0771 e. The van der Waals surface area contributed by atoms with Crippen LogP contribution in [-0.2, 0) is 0 Å². The maximum atomic E-state index is 10.3. The maximum Gasteiger partial charge on any atom is 0.0771 e. The first-order chi connectivity index (χ1) is 7.18. The molecule has 2 nitrogen and oxygen atoms in total. The minimum Gasteiger partial charge on any atom is -0.389 e. The van der Waals surface area contributed by atoms with Crippen molar-refractivity contribution in [3.63, 3.8) is 0 Å². The molecule has 0 saturated heterocycles. The van der Waals surface area contributed by atoms with E-state index in [4.69, 9.17) is 0 Å². The third kappa shape index (κ3) is 3.18. The van der Waals surface area contributed by atoms with Crippen molar-refractivity contribution < 1.29 is 5.11 Å². The molecule has 0 aromatic rings. The first kappa shape index (κ1) is 11.4. The van der Waals surface area contributed by atoms with E-state index in [2.05, 4.69) is 12.2 Å². The lowest BCUT2D eigenvalue weighted by Gasteiger charge is -2.33. The summed E-state index contributed by atoms with van der Waals surface area (Å²) in [7, 11) is 0. The average Bonchev–Trinajstić information content (AvgIpc) is 2.63. The summed E-state index contributed by atoms with van der Waals surface area (Å²) in [5.74, 6) is 0.878. The molecule has 2 unspecified atom stereocenters. The molecule has 0 heterocycles. The third-order valence-electron chi connectivity index (χ3n) is 4.20. The van der Waals surface area contributed by atoms with Gasteiger partial charge >= 0.3 is 0 Å². The predicted molar refractivity (Wildman–Crippen MR) is 62.8 cm³/mol. The molecule has 2 atom stereocenters. The highest BCUT2D eigenvalue weighted by Crippen LogP contribution is 2.29. The number of hydrogen-bond acceptors (Lipinski definition) is 2. The van der Waals surface area contributed by atoms with Crippen LogP contribution in [-0.4, -0.2) is 23.3 Å². The van der Waals surface area contributed by atoms with E-state index in [-0.39, 0.29) is 5.60 Å². The number of aliphatic hydroxyl groups is 1. The van der Waals surface area contributed by atoms with Crippen LogP contribution < -0.4 is 5.32 Å². The lowest BCUT2D eigenvalue weighted by molar-refractivity contribution is 0.00272. The van der Waals surface area contributed by atoms with Crippen LogP contribution in [0.25, 0.3) is 0 Å². The minimum atomic E-state index is -0.385. The third-order valence-corrected chi connectivity index (χ3v) is 4.20. The monoisotopic (exact) mass is 211 g/mol. The zero-order chi connectivity index (χ0) is 10.7. The molecular weight excluding hydrogens is 186 g/mol. The zero-order valence-electron chi connectivity index (χ0n) is 9.97. The van der Waals surface area contributed by atoms with Gasteiger partial charge in [-0.05, 0) is 38.0 Å². The number of rotatable bonds is 3. The Morgan fingerprint density at radius 1 is 1.20 bits per heavy atom. The quantitative estimate of drug-likeness (QED) is 0.751. The van der Waals surface area contributed by atoms with Crippen molar-refractivity contribution >= 4 is 0 Å². The van der Waals surface area contributed by atoms with E-state index in [0.29, 0.717) is 6.04 Å². The van der Waals surface area contributed by atoms with Gasteiger partial charge in [0.05, 0.1) is 5.60 Å². The molecule has 2 fully saturated rings. The molecule has 15 heavy (non-hydrogen) atoms. The summed E-state index contributed by atoms with van der Waals surface area (Å²) >= 11 is 0. The Morgan fingerprint density at radius 2 is 1.93 bits per heavy atom. The maximum absolute atomic E-state index is 10.3. The van der Waals surface area contributed by atoms with Crippen LogP contribution >= 0.6 is 0 Å². The molecule has 2 N–H and O–H groups in total. The topological polar surface area (TPSA) is 32.3 Å². The zero-order valence-corrected chi connectivity index (χ0v) is 9.97. The lowest BCUT2D eigenvalue weighted by atomic mass is 9.84. The van der Waals surface area contributed by atoms with Gasteiger partial charge in [-0.15, -0.1) is 0 Å². The summed E-state index contributed by atoms with van der Waals surface area (Å²) < 4.78 is 0. The summed E-state index contributed by atoms with van der Waals surface area (Å²) in [5.41, 5.74) is -0.385. The Kier molecular flexibility index (Phi) is 3.68. The van der Waals surface area contributed by atoms with Gasteiger partial charge in [0.15, 0.2) is 0 Å². The molecule has 2 aliphatic carbocycles. The molecule has 0 aliphatic heterocycles. The Balaban J connectivity index is 1.72. The van der Waals surface area contributed by atoms with Gasteiger partial charge in [-0.1, -0.05) is 26.2 Å². The van der Waals surface area contributed by atoms with Gasteiger partial charge in [0.1, 0.15) is 0 Å². The van der Waals surface area contributed by atoms with Crippen LogP contribution in [0.3, 0.4) is 0 Å². The minimum absolute atomic E-state index is 0.385. The summed E-state index contributed by atoms with van der Waals surface area (Å²) in [5, 5.41) is 13.9. The van der Waals surface area contributed by atoms with Crippen molar-refractivity contribution in [2.75, 3.05) is 6.54 Å². The Hall–Kier alpha value is -0.0800. The van der Waals surface area contributed by atoms with Crippen molar-refractivity contribution in [3.8, 4) is 0 Å². The van der Waals surface area contributed by atoms with E-state index in [1.807, 2.05) is 0 Å². The first-order valence-corrected chi connectivity index (χ1v) is 6.64. The van der Waals surface area contributed by atoms with Gasteiger partial charge in [-0.25, -0.2) is 0 Å². The fraction of sp³-hybridized carbons (Fsp3) is 1.00. The largest absolute Gasteiger partial charge is 0.389 e. The average molecular weight is 211 g/mol. The van der Waals surface area contributed by atoms with Crippen LogP contribution in [0, 0.1) is 5.92 Å². The van der Waals surface area contributed by atoms with E-state index >= 15 is 0 Å². The van der Waals surface area contributed by atoms with Crippen LogP contribution in [0.2, 0.25) is 0 Å². The lowest BCUT2D eigenvalue weighted by Crippen LogP contribution is -2.45. The SMILES string of the molecule is CC1CCC(NCC2(O)CCCCC2)C1. The molecule has 0 radical (unpaired) electrons. The number of nitrogens with one attached hydrogen (secondary N) is 1. The molecule has 0 aromatic carbocycles. The van der Waals surface area contributed by atoms with E-state index in [1.54, 1.807) is 0 Å². The summed E-state index contributed by atoms with van der Waals surface area (Å²) in [6, 6.07) is 0.672. The second-order valence-corrected chi connectivity index (χ2v) is 5.78. The first-order valence-electron chi connectivity index (χ1n) is 6.64. The molecule has 0 spiro atoms. The van der Waals surface area contributed by atoms with Crippen molar-refractivity contribution in [1.82, 2.24) is 5.32 Å². The van der Waals surface area contributed by atoms with Crippen molar-refractivity contribution in [2.45, 2.75) is 69.9 Å². The predicted octanol–water partition coefficient (Wildman–Crippen LogP) is 2.46. The van der Waals surface area contributed by atoms with Crippen LogP contribution in [0.5, 0.6) is 0 Å². The molecule has 2 aliphatic rings. The Bertz CT molecular complexity index is 199. The normalized spacial score (nSPS) is 35.6. The molecule has 2 rings (SSSR count). The van der Waals surface area contributed by atoms with Crippen LogP contribution in [0.15, 0.2) is 0 Å². The van der Waals surface area contributed by atoms with Crippen LogP contribution in [0.4, 0.5) is 0 Å². The van der Waals surface area contributed by atoms with Gasteiger partial charge in [-0.3, -0.25) is 0 Å². The van der Waals surface area contributed by atoms with Crippen molar-refractivity contribution in [3.05, 3.63) is 0 Å². The van der Waals surface area contributed by atoms with E-state index in [0.717, 1.165) is 25.3 Å². The summed E-state index contributed by atoms with van der Waals surface area (Å²) in [4.78, 5) is 0. The van der Waals surface area contributed by atoms with E-state index in [1.165, 1.54) is 38.5 Å². The molecule has 0 bridgehead atoms. The summed E-state index contributed by atoms with van der Waals surface area (Å²) in [6.07, 6.45) is 9.69. The van der Waals surface area contributed by atoms with Crippen molar-refractivity contribution in [1.29, 1.82) is 0 Å². The van der Waals surface area contributed by atoms with Crippen LogP contribution in [0.1, 0.15) is 58.3 Å². The van der Waals surface area contributed by atoms with E-state index < -0.39 is 0 Å². The highest BCUT2D eigenvalue weighted by molar-refractivity contribution is 4.87.